The summed E-state index contributed by atoms with van der Waals surface area (Å²) in [6.07, 6.45) is 1.68. The molecule has 5 nitrogen and oxygen atoms in total. The van der Waals surface area contributed by atoms with E-state index in [0.717, 1.165) is 27.5 Å². The number of carbonyl (C=O) groups excluding carboxylic acids is 2. The zero-order valence-corrected chi connectivity index (χ0v) is 15.8. The maximum atomic E-state index is 12.5. The lowest BCUT2D eigenvalue weighted by Gasteiger charge is -2.14. The number of imide groups is 1. The van der Waals surface area contributed by atoms with E-state index in [1.807, 2.05) is 48.5 Å². The minimum Gasteiger partial charge on any atom is -0.496 e. The van der Waals surface area contributed by atoms with E-state index in [2.05, 4.69) is 21.2 Å². The van der Waals surface area contributed by atoms with Gasteiger partial charge < -0.3 is 10.1 Å². The summed E-state index contributed by atoms with van der Waals surface area (Å²) in [4.78, 5) is 26.3. The van der Waals surface area contributed by atoms with Crippen LogP contribution in [0.15, 0.2) is 57.9 Å². The van der Waals surface area contributed by atoms with Crippen molar-refractivity contribution in [1.82, 2.24) is 4.90 Å². The number of thioether (sulfide) groups is 1. The van der Waals surface area contributed by atoms with Crippen LogP contribution in [0.1, 0.15) is 5.56 Å². The normalized spacial score (nSPS) is 15.8. The molecule has 7 heteroatoms. The molecule has 3 rings (SSSR count). The Balaban J connectivity index is 1.75. The first kappa shape index (κ1) is 17.6. The first-order valence-corrected chi connectivity index (χ1v) is 9.07. The molecular formula is C18H15BrN2O3S. The van der Waals surface area contributed by atoms with Crippen molar-refractivity contribution in [2.45, 2.75) is 0 Å². The van der Waals surface area contributed by atoms with E-state index in [1.54, 1.807) is 13.2 Å². The van der Waals surface area contributed by atoms with Gasteiger partial charge in [-0.1, -0.05) is 40.2 Å². The van der Waals surface area contributed by atoms with Crippen LogP contribution in [0.5, 0.6) is 5.75 Å². The highest BCUT2D eigenvalue weighted by Gasteiger charge is 2.34. The van der Waals surface area contributed by atoms with Crippen molar-refractivity contribution in [2.75, 3.05) is 19.1 Å². The van der Waals surface area contributed by atoms with Crippen molar-refractivity contribution in [3.63, 3.8) is 0 Å². The summed E-state index contributed by atoms with van der Waals surface area (Å²) in [5, 5.41) is 2.79. The van der Waals surface area contributed by atoms with Crippen molar-refractivity contribution >= 4 is 50.6 Å². The fourth-order valence-corrected chi connectivity index (χ4v) is 3.56. The lowest BCUT2D eigenvalue weighted by Crippen LogP contribution is -2.33. The molecule has 2 aromatic carbocycles. The molecule has 128 valence electrons. The average molecular weight is 419 g/mol. The molecule has 2 aromatic rings. The second-order valence-corrected chi connectivity index (χ2v) is 7.11. The van der Waals surface area contributed by atoms with E-state index < -0.39 is 0 Å². The molecule has 1 saturated heterocycles. The molecule has 0 saturated carbocycles. The topological polar surface area (TPSA) is 58.6 Å². The average Bonchev–Trinajstić information content (AvgIpc) is 2.87. The predicted molar refractivity (Wildman–Crippen MR) is 103 cm³/mol. The van der Waals surface area contributed by atoms with Crippen LogP contribution < -0.4 is 10.1 Å². The number of nitrogens with zero attached hydrogens (tertiary/aromatic N) is 1. The minimum atomic E-state index is -0.316. The Morgan fingerprint density at radius 3 is 2.76 bits per heavy atom. The summed E-state index contributed by atoms with van der Waals surface area (Å²) < 4.78 is 6.20. The van der Waals surface area contributed by atoms with Crippen molar-refractivity contribution in [3.8, 4) is 5.75 Å². The highest BCUT2D eigenvalue weighted by Crippen LogP contribution is 2.33. The number of rotatable bonds is 5. The number of hydrogen-bond donors (Lipinski definition) is 1. The van der Waals surface area contributed by atoms with Crippen LogP contribution in [-0.4, -0.2) is 29.8 Å². The molecule has 1 N–H and O–H groups in total. The molecule has 1 heterocycles. The number of nitrogens with one attached hydrogen (secondary N) is 1. The maximum Gasteiger partial charge on any atom is 0.295 e. The summed E-state index contributed by atoms with van der Waals surface area (Å²) in [6, 6.07) is 14.9. The smallest absolute Gasteiger partial charge is 0.295 e. The number of para-hydroxylation sites is 1. The molecule has 0 aromatic heterocycles. The van der Waals surface area contributed by atoms with Gasteiger partial charge in [-0.3, -0.25) is 14.5 Å². The monoisotopic (exact) mass is 418 g/mol. The standard InChI is InChI=1S/C18H15BrN2O3S/c1-24-15-8-3-2-5-12(15)9-16-17(22)21(18(23)25-16)11-20-14-7-4-6-13(19)10-14/h2-10,20H,11H2,1H3. The van der Waals surface area contributed by atoms with E-state index >= 15 is 0 Å². The fraction of sp³-hybridized carbons (Fsp3) is 0.111. The second-order valence-electron chi connectivity index (χ2n) is 5.20. The Hall–Kier alpha value is -2.25. The highest BCUT2D eigenvalue weighted by molar-refractivity contribution is 9.10. The summed E-state index contributed by atoms with van der Waals surface area (Å²) in [7, 11) is 1.57. The quantitative estimate of drug-likeness (QED) is 0.720. The van der Waals surface area contributed by atoms with Gasteiger partial charge >= 0.3 is 0 Å². The van der Waals surface area contributed by atoms with Crippen molar-refractivity contribution in [1.29, 1.82) is 0 Å². The minimum absolute atomic E-state index is 0.115. The molecule has 1 fully saturated rings. The highest BCUT2D eigenvalue weighted by atomic mass is 79.9. The van der Waals surface area contributed by atoms with E-state index in [-0.39, 0.29) is 17.8 Å². The zero-order valence-electron chi connectivity index (χ0n) is 13.4. The van der Waals surface area contributed by atoms with Gasteiger partial charge in [-0.15, -0.1) is 0 Å². The fourth-order valence-electron chi connectivity index (χ4n) is 2.33. The van der Waals surface area contributed by atoms with E-state index in [1.165, 1.54) is 4.90 Å². The van der Waals surface area contributed by atoms with Crippen LogP contribution in [0.2, 0.25) is 0 Å². The van der Waals surface area contributed by atoms with Crippen LogP contribution in [0.4, 0.5) is 10.5 Å². The third-order valence-electron chi connectivity index (χ3n) is 3.57. The predicted octanol–water partition coefficient (Wildman–Crippen LogP) is 4.56. The van der Waals surface area contributed by atoms with Crippen LogP contribution in [0, 0.1) is 0 Å². The summed E-state index contributed by atoms with van der Waals surface area (Å²) >= 11 is 4.31. The number of benzene rings is 2. The van der Waals surface area contributed by atoms with E-state index in [4.69, 9.17) is 4.74 Å². The number of anilines is 1. The number of methoxy groups -OCH3 is 1. The molecule has 0 atom stereocenters. The van der Waals surface area contributed by atoms with Gasteiger partial charge in [0.2, 0.25) is 0 Å². The Morgan fingerprint density at radius 2 is 2.00 bits per heavy atom. The van der Waals surface area contributed by atoms with Crippen LogP contribution >= 0.6 is 27.7 Å². The lowest BCUT2D eigenvalue weighted by molar-refractivity contribution is -0.122. The molecule has 1 aliphatic rings. The largest absolute Gasteiger partial charge is 0.496 e. The number of carbonyl (C=O) groups is 2. The molecule has 0 unspecified atom stereocenters. The third kappa shape index (κ3) is 4.05. The van der Waals surface area contributed by atoms with Gasteiger partial charge in [-0.05, 0) is 42.1 Å². The first-order chi connectivity index (χ1) is 12.1. The van der Waals surface area contributed by atoms with Crippen molar-refractivity contribution in [3.05, 3.63) is 63.5 Å². The number of ether oxygens (including phenoxy) is 1. The number of hydrogen-bond acceptors (Lipinski definition) is 5. The van der Waals surface area contributed by atoms with Gasteiger partial charge in [0, 0.05) is 15.7 Å². The molecule has 0 bridgehead atoms. The van der Waals surface area contributed by atoms with Gasteiger partial charge in [0.15, 0.2) is 0 Å². The van der Waals surface area contributed by atoms with Crippen molar-refractivity contribution in [2.24, 2.45) is 0 Å². The number of amides is 2. The van der Waals surface area contributed by atoms with Gasteiger partial charge in [-0.25, -0.2) is 0 Å². The number of halogens is 1. The Labute approximate surface area is 158 Å². The second kappa shape index (κ2) is 7.76. The summed E-state index contributed by atoms with van der Waals surface area (Å²) in [5.41, 5.74) is 1.58. The van der Waals surface area contributed by atoms with Gasteiger partial charge in [-0.2, -0.15) is 0 Å². The first-order valence-electron chi connectivity index (χ1n) is 7.46. The Morgan fingerprint density at radius 1 is 1.20 bits per heavy atom. The Bertz CT molecular complexity index is 854. The van der Waals surface area contributed by atoms with Crippen molar-refractivity contribution < 1.29 is 14.3 Å². The molecule has 0 aliphatic carbocycles. The molecule has 25 heavy (non-hydrogen) atoms. The van der Waals surface area contributed by atoms with E-state index in [0.29, 0.717) is 10.7 Å². The summed E-state index contributed by atoms with van der Waals surface area (Å²) in [5.74, 6) is 0.338. The molecule has 2 amide bonds. The summed E-state index contributed by atoms with van der Waals surface area (Å²) in [6.45, 7) is 0.115. The van der Waals surface area contributed by atoms with Crippen LogP contribution in [0.25, 0.3) is 6.08 Å². The van der Waals surface area contributed by atoms with Crippen LogP contribution in [0.3, 0.4) is 0 Å². The molecular weight excluding hydrogens is 404 g/mol. The van der Waals surface area contributed by atoms with Gasteiger partial charge in [0.1, 0.15) is 5.75 Å². The van der Waals surface area contributed by atoms with Crippen LogP contribution in [-0.2, 0) is 4.79 Å². The van der Waals surface area contributed by atoms with E-state index in [9.17, 15) is 9.59 Å². The third-order valence-corrected chi connectivity index (χ3v) is 4.97. The molecule has 1 aliphatic heterocycles. The zero-order chi connectivity index (χ0) is 17.8. The SMILES string of the molecule is COc1ccccc1C=C1SC(=O)N(CNc2cccc(Br)c2)C1=O. The molecule has 0 spiro atoms. The van der Waals surface area contributed by atoms with Gasteiger partial charge in [0.25, 0.3) is 11.1 Å². The maximum absolute atomic E-state index is 12.5. The molecule has 0 radical (unpaired) electrons. The Kier molecular flexibility index (Phi) is 5.45. The van der Waals surface area contributed by atoms with Gasteiger partial charge in [0.05, 0.1) is 18.7 Å². The lowest BCUT2D eigenvalue weighted by atomic mass is 10.2.